The van der Waals surface area contributed by atoms with Crippen LogP contribution in [0.4, 0.5) is 4.79 Å². The number of nitrogens with zero attached hydrogens (tertiary/aromatic N) is 1. The van der Waals surface area contributed by atoms with E-state index in [4.69, 9.17) is 33.7 Å². The normalized spacial score (nSPS) is 28.0. The van der Waals surface area contributed by atoms with Crippen LogP contribution in [-0.4, -0.2) is 69.1 Å². The second-order valence-electron chi connectivity index (χ2n) is 12.2. The predicted octanol–water partition coefficient (Wildman–Crippen LogP) is 2.43. The zero-order valence-corrected chi connectivity index (χ0v) is 23.6. The third-order valence-electron chi connectivity index (χ3n) is 8.09. The van der Waals surface area contributed by atoms with Gasteiger partial charge in [0.1, 0.15) is 22.0 Å². The van der Waals surface area contributed by atoms with Gasteiger partial charge in [0, 0.05) is 18.4 Å². The zero-order chi connectivity index (χ0) is 28.0. The molecule has 1 saturated heterocycles. The standard InChI is InChI=1S/C26H38Cl2N4O6/c1-25(2,3)38-24(37)31-18(14-7-5-4-6-8-14)23(36)32-12-15-17(26(15,27)28)19(32)22(35)30-16(11-13-9-10-13)20(33)21(29)34/h13-19H,4-12H2,1-3H3,(H2,29,34)(H,30,35)(H,31,37)/t15?,16?,17?,18?,19-/m0/s1. The number of halogens is 2. The van der Waals surface area contributed by atoms with Crippen LogP contribution in [-0.2, 0) is 23.9 Å². The van der Waals surface area contributed by atoms with Gasteiger partial charge in [-0.25, -0.2) is 4.79 Å². The Morgan fingerprint density at radius 1 is 1.03 bits per heavy atom. The second kappa shape index (κ2) is 10.8. The topological polar surface area (TPSA) is 148 Å². The van der Waals surface area contributed by atoms with E-state index in [9.17, 15) is 24.0 Å². The number of likely N-dealkylation sites (tertiary alicyclic amines) is 1. The first kappa shape index (κ1) is 28.9. The molecule has 12 heteroatoms. The number of amides is 4. The predicted molar refractivity (Wildman–Crippen MR) is 140 cm³/mol. The zero-order valence-electron chi connectivity index (χ0n) is 22.1. The Bertz CT molecular complexity index is 989. The first-order valence-electron chi connectivity index (χ1n) is 13.5. The van der Waals surface area contributed by atoms with Crippen molar-refractivity contribution in [3.05, 3.63) is 0 Å². The molecule has 0 bridgehead atoms. The maximum absolute atomic E-state index is 14.0. The van der Waals surface area contributed by atoms with Crippen LogP contribution in [0.25, 0.3) is 0 Å². The third-order valence-corrected chi connectivity index (χ3v) is 9.15. The van der Waals surface area contributed by atoms with E-state index >= 15 is 0 Å². The summed E-state index contributed by atoms with van der Waals surface area (Å²) in [6.45, 7) is 5.36. The summed E-state index contributed by atoms with van der Waals surface area (Å²) in [5, 5.41) is 5.44. The van der Waals surface area contributed by atoms with E-state index in [2.05, 4.69) is 10.6 Å². The van der Waals surface area contributed by atoms with Crippen molar-refractivity contribution in [1.82, 2.24) is 15.5 Å². The van der Waals surface area contributed by atoms with Crippen LogP contribution >= 0.6 is 23.2 Å². The van der Waals surface area contributed by atoms with E-state index in [1.807, 2.05) is 0 Å². The quantitative estimate of drug-likeness (QED) is 0.285. The number of piperidine rings is 1. The minimum Gasteiger partial charge on any atom is -0.444 e. The first-order valence-corrected chi connectivity index (χ1v) is 14.3. The molecule has 38 heavy (non-hydrogen) atoms. The number of Topliss-reactive ketones (excluding diaryl/α,β-unsaturated/α-hetero) is 1. The molecule has 4 rings (SSSR count). The molecule has 5 atom stereocenters. The van der Waals surface area contributed by atoms with Crippen molar-refractivity contribution in [2.75, 3.05) is 6.54 Å². The summed E-state index contributed by atoms with van der Waals surface area (Å²) in [7, 11) is 0. The molecule has 4 N–H and O–H groups in total. The molecular formula is C26H38Cl2N4O6. The molecule has 4 fully saturated rings. The fourth-order valence-corrected chi connectivity index (χ4v) is 6.77. The van der Waals surface area contributed by atoms with E-state index in [0.29, 0.717) is 6.42 Å². The largest absolute Gasteiger partial charge is 0.444 e. The van der Waals surface area contributed by atoms with Crippen molar-refractivity contribution in [2.45, 2.75) is 100 Å². The SMILES string of the molecule is CC(C)(C)OC(=O)NC(C(=O)N1CC2C([C@H]1C(=O)NC(CC1CC1)C(=O)C(N)=O)C2(Cl)Cl)C1CCCCC1. The molecule has 0 aromatic heterocycles. The second-order valence-corrected chi connectivity index (χ2v) is 13.7. The van der Waals surface area contributed by atoms with Gasteiger partial charge in [0.05, 0.1) is 6.04 Å². The molecule has 0 spiro atoms. The summed E-state index contributed by atoms with van der Waals surface area (Å²) in [6.07, 6.45) is 5.86. The van der Waals surface area contributed by atoms with Gasteiger partial charge in [-0.1, -0.05) is 32.1 Å². The molecule has 0 aromatic carbocycles. The summed E-state index contributed by atoms with van der Waals surface area (Å²) in [6, 6.07) is -3.00. The van der Waals surface area contributed by atoms with E-state index in [0.717, 1.165) is 44.9 Å². The van der Waals surface area contributed by atoms with Gasteiger partial charge in [0.2, 0.25) is 17.6 Å². The van der Waals surface area contributed by atoms with Crippen LogP contribution in [0.2, 0.25) is 0 Å². The van der Waals surface area contributed by atoms with Gasteiger partial charge in [-0.2, -0.15) is 0 Å². The molecule has 0 radical (unpaired) electrons. The van der Waals surface area contributed by atoms with E-state index < -0.39 is 63.6 Å². The summed E-state index contributed by atoms with van der Waals surface area (Å²) >= 11 is 12.9. The number of fused-ring (bicyclic) bond motifs is 1. The van der Waals surface area contributed by atoms with Crippen molar-refractivity contribution in [2.24, 2.45) is 29.4 Å². The Hall–Kier alpha value is -2.07. The molecule has 212 valence electrons. The lowest BCUT2D eigenvalue weighted by Gasteiger charge is -2.36. The van der Waals surface area contributed by atoms with E-state index in [1.165, 1.54) is 4.90 Å². The molecule has 3 saturated carbocycles. The Morgan fingerprint density at radius 3 is 2.21 bits per heavy atom. The number of rotatable bonds is 9. The molecule has 1 heterocycles. The van der Waals surface area contributed by atoms with Crippen molar-refractivity contribution in [3.63, 3.8) is 0 Å². The first-order chi connectivity index (χ1) is 17.7. The summed E-state index contributed by atoms with van der Waals surface area (Å²) < 4.78 is 4.25. The van der Waals surface area contributed by atoms with Crippen LogP contribution in [0, 0.1) is 23.7 Å². The Balaban J connectivity index is 1.55. The van der Waals surface area contributed by atoms with Crippen LogP contribution in [0.1, 0.15) is 72.1 Å². The number of hydrogen-bond acceptors (Lipinski definition) is 6. The number of carbonyl (C=O) groups excluding carboxylic acids is 5. The number of nitrogens with two attached hydrogens (primary N) is 1. The molecule has 4 amide bonds. The molecule has 4 unspecified atom stereocenters. The number of nitrogens with one attached hydrogen (secondary N) is 2. The highest BCUT2D eigenvalue weighted by Crippen LogP contribution is 2.65. The van der Waals surface area contributed by atoms with E-state index in [1.54, 1.807) is 20.8 Å². The molecule has 3 aliphatic carbocycles. The van der Waals surface area contributed by atoms with Gasteiger partial charge in [-0.15, -0.1) is 23.2 Å². The molecule has 1 aliphatic heterocycles. The highest BCUT2D eigenvalue weighted by molar-refractivity contribution is 6.51. The lowest BCUT2D eigenvalue weighted by Crippen LogP contribution is -2.60. The van der Waals surface area contributed by atoms with Crippen LogP contribution in [0.15, 0.2) is 0 Å². The van der Waals surface area contributed by atoms with Crippen molar-refractivity contribution >= 4 is 52.8 Å². The lowest BCUT2D eigenvalue weighted by molar-refractivity contribution is -0.144. The highest BCUT2D eigenvalue weighted by Gasteiger charge is 2.74. The smallest absolute Gasteiger partial charge is 0.408 e. The number of carbonyl (C=O) groups is 5. The van der Waals surface area contributed by atoms with Crippen LogP contribution in [0.3, 0.4) is 0 Å². The van der Waals surface area contributed by atoms with Crippen LogP contribution < -0.4 is 16.4 Å². The number of alkyl carbamates (subject to hydrolysis) is 1. The highest BCUT2D eigenvalue weighted by atomic mass is 35.5. The summed E-state index contributed by atoms with van der Waals surface area (Å²) in [4.78, 5) is 65.8. The van der Waals surface area contributed by atoms with Gasteiger partial charge < -0.3 is 26.0 Å². The van der Waals surface area contributed by atoms with Crippen molar-refractivity contribution < 1.29 is 28.7 Å². The Morgan fingerprint density at radius 2 is 1.66 bits per heavy atom. The third kappa shape index (κ3) is 6.38. The Labute approximate surface area is 233 Å². The Kier molecular flexibility index (Phi) is 8.25. The van der Waals surface area contributed by atoms with Gasteiger partial charge in [0.25, 0.3) is 5.91 Å². The molecule has 10 nitrogen and oxygen atoms in total. The maximum atomic E-state index is 14.0. The van der Waals surface area contributed by atoms with Gasteiger partial charge in [-0.3, -0.25) is 19.2 Å². The average molecular weight is 574 g/mol. The summed E-state index contributed by atoms with van der Waals surface area (Å²) in [5.74, 6) is -3.74. The fraction of sp³-hybridized carbons (Fsp3) is 0.808. The minimum atomic E-state index is -1.18. The number of ether oxygens (including phenoxy) is 1. The molecule has 4 aliphatic rings. The maximum Gasteiger partial charge on any atom is 0.408 e. The van der Waals surface area contributed by atoms with Crippen LogP contribution in [0.5, 0.6) is 0 Å². The number of primary amides is 1. The lowest BCUT2D eigenvalue weighted by atomic mass is 9.83. The fourth-order valence-electron chi connectivity index (χ4n) is 5.94. The minimum absolute atomic E-state index is 0.111. The molecule has 0 aromatic rings. The number of hydrogen-bond donors (Lipinski definition) is 3. The van der Waals surface area contributed by atoms with Gasteiger partial charge in [-0.05, 0) is 51.9 Å². The number of alkyl halides is 2. The van der Waals surface area contributed by atoms with Gasteiger partial charge in [0.15, 0.2) is 0 Å². The van der Waals surface area contributed by atoms with Crippen molar-refractivity contribution in [1.29, 1.82) is 0 Å². The number of ketones is 1. The van der Waals surface area contributed by atoms with E-state index in [-0.39, 0.29) is 24.3 Å². The van der Waals surface area contributed by atoms with Gasteiger partial charge >= 0.3 is 6.09 Å². The summed E-state index contributed by atoms with van der Waals surface area (Å²) in [5.41, 5.74) is 4.48. The average Bonchev–Trinajstić information content (AvgIpc) is 3.68. The monoisotopic (exact) mass is 572 g/mol. The molecular weight excluding hydrogens is 535 g/mol. The van der Waals surface area contributed by atoms with Crippen molar-refractivity contribution in [3.8, 4) is 0 Å².